The predicted octanol–water partition coefficient (Wildman–Crippen LogP) is 3.70. The molecule has 1 aliphatic carbocycles. The lowest BCUT2D eigenvalue weighted by molar-refractivity contribution is 0.0755. The summed E-state index contributed by atoms with van der Waals surface area (Å²) in [5.41, 5.74) is 2.92. The molecule has 2 heteroatoms. The molecule has 0 spiro atoms. The normalized spacial score (nSPS) is 22.5. The van der Waals surface area contributed by atoms with Gasteiger partial charge >= 0.3 is 0 Å². The summed E-state index contributed by atoms with van der Waals surface area (Å²) in [6, 6.07) is 10.1. The fraction of sp³-hybridized carbons (Fsp3) is 0.684. The van der Waals surface area contributed by atoms with Crippen molar-refractivity contribution in [3.63, 3.8) is 0 Å². The van der Waals surface area contributed by atoms with Gasteiger partial charge in [-0.25, -0.2) is 0 Å². The van der Waals surface area contributed by atoms with Crippen LogP contribution in [0.15, 0.2) is 24.3 Å². The fourth-order valence-corrected chi connectivity index (χ4v) is 3.87. The largest absolute Gasteiger partial charge is 0.298 e. The maximum absolute atomic E-state index is 2.76. The Balaban J connectivity index is 1.46. The maximum Gasteiger partial charge on any atom is 0.0234 e. The van der Waals surface area contributed by atoms with Crippen LogP contribution in [0, 0.1) is 0 Å². The molecule has 116 valence electrons. The SMILES string of the molecule is CCc1ccc(CN2CCN(C3CCCCC3)CC2)cc1. The Morgan fingerprint density at radius 2 is 1.48 bits per heavy atom. The summed E-state index contributed by atoms with van der Waals surface area (Å²) in [4.78, 5) is 5.39. The van der Waals surface area contributed by atoms with Crippen LogP contribution in [-0.4, -0.2) is 42.0 Å². The van der Waals surface area contributed by atoms with Crippen LogP contribution in [0.1, 0.15) is 50.2 Å². The molecule has 2 fully saturated rings. The summed E-state index contributed by atoms with van der Waals surface area (Å²) in [5.74, 6) is 0. The number of piperazine rings is 1. The topological polar surface area (TPSA) is 6.48 Å². The van der Waals surface area contributed by atoms with E-state index in [9.17, 15) is 0 Å². The molecule has 1 heterocycles. The van der Waals surface area contributed by atoms with Gasteiger partial charge in [0, 0.05) is 38.8 Å². The van der Waals surface area contributed by atoms with E-state index in [0.717, 1.165) is 19.0 Å². The molecular weight excluding hydrogens is 256 g/mol. The Morgan fingerprint density at radius 1 is 0.857 bits per heavy atom. The highest BCUT2D eigenvalue weighted by atomic mass is 15.3. The van der Waals surface area contributed by atoms with Crippen LogP contribution in [0.2, 0.25) is 0 Å². The number of rotatable bonds is 4. The average Bonchev–Trinajstić information content (AvgIpc) is 2.57. The van der Waals surface area contributed by atoms with Gasteiger partial charge in [0.15, 0.2) is 0 Å². The first-order valence-electron chi connectivity index (χ1n) is 8.89. The molecule has 0 unspecified atom stereocenters. The first-order chi connectivity index (χ1) is 10.3. The minimum atomic E-state index is 0.893. The Morgan fingerprint density at radius 3 is 2.10 bits per heavy atom. The first-order valence-corrected chi connectivity index (χ1v) is 8.89. The second-order valence-electron chi connectivity index (χ2n) is 6.77. The Bertz CT molecular complexity index is 412. The van der Waals surface area contributed by atoms with Gasteiger partial charge in [0.05, 0.1) is 0 Å². The standard InChI is InChI=1S/C19H30N2/c1-2-17-8-10-18(11-9-17)16-20-12-14-21(15-13-20)19-6-4-3-5-7-19/h8-11,19H,2-7,12-16H2,1H3. The van der Waals surface area contributed by atoms with E-state index in [-0.39, 0.29) is 0 Å². The van der Waals surface area contributed by atoms with E-state index in [1.165, 1.54) is 69.4 Å². The van der Waals surface area contributed by atoms with Crippen LogP contribution in [-0.2, 0) is 13.0 Å². The van der Waals surface area contributed by atoms with Crippen molar-refractivity contribution in [2.45, 2.75) is 58.0 Å². The van der Waals surface area contributed by atoms with E-state index in [2.05, 4.69) is 41.0 Å². The number of aryl methyl sites for hydroxylation is 1. The zero-order valence-electron chi connectivity index (χ0n) is 13.6. The van der Waals surface area contributed by atoms with Crippen molar-refractivity contribution in [1.29, 1.82) is 0 Å². The summed E-state index contributed by atoms with van der Waals surface area (Å²) in [5, 5.41) is 0. The van der Waals surface area contributed by atoms with Crippen molar-refractivity contribution >= 4 is 0 Å². The fourth-order valence-electron chi connectivity index (χ4n) is 3.87. The number of nitrogens with zero attached hydrogens (tertiary/aromatic N) is 2. The third-order valence-electron chi connectivity index (χ3n) is 5.34. The van der Waals surface area contributed by atoms with E-state index in [4.69, 9.17) is 0 Å². The first kappa shape index (κ1) is 15.1. The van der Waals surface area contributed by atoms with Crippen molar-refractivity contribution in [3.05, 3.63) is 35.4 Å². The molecule has 2 aliphatic rings. The van der Waals surface area contributed by atoms with E-state index in [1.54, 1.807) is 0 Å². The third kappa shape index (κ3) is 4.08. The van der Waals surface area contributed by atoms with Gasteiger partial charge in [-0.15, -0.1) is 0 Å². The van der Waals surface area contributed by atoms with Gasteiger partial charge in [0.2, 0.25) is 0 Å². The molecule has 2 nitrogen and oxygen atoms in total. The zero-order valence-corrected chi connectivity index (χ0v) is 13.6. The van der Waals surface area contributed by atoms with E-state index >= 15 is 0 Å². The van der Waals surface area contributed by atoms with Crippen LogP contribution in [0.25, 0.3) is 0 Å². The Labute approximate surface area is 130 Å². The second kappa shape index (κ2) is 7.42. The molecule has 0 amide bonds. The molecule has 0 N–H and O–H groups in total. The molecular formula is C19H30N2. The van der Waals surface area contributed by atoms with E-state index < -0.39 is 0 Å². The van der Waals surface area contributed by atoms with Crippen molar-refractivity contribution in [2.75, 3.05) is 26.2 Å². The van der Waals surface area contributed by atoms with Gasteiger partial charge in [0.25, 0.3) is 0 Å². The van der Waals surface area contributed by atoms with Crippen LogP contribution in [0.4, 0.5) is 0 Å². The predicted molar refractivity (Wildman–Crippen MR) is 89.5 cm³/mol. The molecule has 1 aliphatic heterocycles. The molecule has 0 bridgehead atoms. The molecule has 1 aromatic carbocycles. The van der Waals surface area contributed by atoms with Crippen LogP contribution < -0.4 is 0 Å². The minimum absolute atomic E-state index is 0.893. The van der Waals surface area contributed by atoms with Gasteiger partial charge in [-0.3, -0.25) is 9.80 Å². The highest BCUT2D eigenvalue weighted by Gasteiger charge is 2.24. The molecule has 0 radical (unpaired) electrons. The van der Waals surface area contributed by atoms with E-state index in [1.807, 2.05) is 0 Å². The summed E-state index contributed by atoms with van der Waals surface area (Å²) in [7, 11) is 0. The van der Waals surface area contributed by atoms with E-state index in [0.29, 0.717) is 0 Å². The van der Waals surface area contributed by atoms with Crippen molar-refractivity contribution in [3.8, 4) is 0 Å². The molecule has 3 rings (SSSR count). The molecule has 0 atom stereocenters. The second-order valence-corrected chi connectivity index (χ2v) is 6.77. The molecule has 0 aromatic heterocycles. The van der Waals surface area contributed by atoms with Crippen molar-refractivity contribution in [2.24, 2.45) is 0 Å². The lowest BCUT2D eigenvalue weighted by atomic mass is 9.94. The van der Waals surface area contributed by atoms with Crippen LogP contribution >= 0.6 is 0 Å². The minimum Gasteiger partial charge on any atom is -0.298 e. The highest BCUT2D eigenvalue weighted by Crippen LogP contribution is 2.23. The summed E-state index contributed by atoms with van der Waals surface area (Å²) < 4.78 is 0. The monoisotopic (exact) mass is 286 g/mol. The average molecular weight is 286 g/mol. The summed E-state index contributed by atoms with van der Waals surface area (Å²) in [6.45, 7) is 8.38. The van der Waals surface area contributed by atoms with Crippen LogP contribution in [0.3, 0.4) is 0 Å². The zero-order chi connectivity index (χ0) is 14.5. The number of hydrogen-bond acceptors (Lipinski definition) is 2. The molecule has 1 aromatic rings. The Kier molecular flexibility index (Phi) is 5.32. The Hall–Kier alpha value is -0.860. The highest BCUT2D eigenvalue weighted by molar-refractivity contribution is 5.22. The maximum atomic E-state index is 2.76. The van der Waals surface area contributed by atoms with Gasteiger partial charge < -0.3 is 0 Å². The molecule has 1 saturated heterocycles. The third-order valence-corrected chi connectivity index (χ3v) is 5.34. The summed E-state index contributed by atoms with van der Waals surface area (Å²) >= 11 is 0. The van der Waals surface area contributed by atoms with Gasteiger partial charge in [-0.1, -0.05) is 50.5 Å². The number of hydrogen-bond donors (Lipinski definition) is 0. The van der Waals surface area contributed by atoms with Gasteiger partial charge in [-0.2, -0.15) is 0 Å². The van der Waals surface area contributed by atoms with Crippen LogP contribution in [0.5, 0.6) is 0 Å². The lowest BCUT2D eigenvalue weighted by Crippen LogP contribution is -2.50. The van der Waals surface area contributed by atoms with Crippen molar-refractivity contribution in [1.82, 2.24) is 9.80 Å². The van der Waals surface area contributed by atoms with Crippen molar-refractivity contribution < 1.29 is 0 Å². The van der Waals surface area contributed by atoms with Gasteiger partial charge in [0.1, 0.15) is 0 Å². The molecule has 1 saturated carbocycles. The number of benzene rings is 1. The smallest absolute Gasteiger partial charge is 0.0234 e. The molecule has 21 heavy (non-hydrogen) atoms. The van der Waals surface area contributed by atoms with Gasteiger partial charge in [-0.05, 0) is 30.4 Å². The lowest BCUT2D eigenvalue weighted by Gasteiger charge is -2.40. The summed E-state index contributed by atoms with van der Waals surface area (Å²) in [6.07, 6.45) is 8.39. The quantitative estimate of drug-likeness (QED) is 0.833.